The Morgan fingerprint density at radius 3 is 3.14 bits per heavy atom. The van der Waals surface area contributed by atoms with Gasteiger partial charge in [-0.2, -0.15) is 0 Å². The number of aliphatic imine (C=N–C) groups is 1. The first-order chi connectivity index (χ1) is 13.7. The Kier molecular flexibility index (Phi) is 7.23. The summed E-state index contributed by atoms with van der Waals surface area (Å²) < 4.78 is 6.81. The molecule has 1 atom stereocenters. The molecule has 10 nitrogen and oxygen atoms in total. The van der Waals surface area contributed by atoms with Crippen molar-refractivity contribution in [2.24, 2.45) is 10.9 Å². The second-order valence-corrected chi connectivity index (χ2v) is 7.04. The minimum Gasteiger partial charge on any atom is -0.364 e. The topological polar surface area (TPSA) is 100.0 Å². The molecule has 0 aliphatic carbocycles. The lowest BCUT2D eigenvalue weighted by Crippen LogP contribution is -2.45. The molecule has 3 aromatic rings. The first kappa shape index (κ1) is 21.3. The molecule has 1 aliphatic rings. The molecule has 0 saturated carbocycles. The predicted molar refractivity (Wildman–Crippen MR) is 120 cm³/mol. The third kappa shape index (κ3) is 4.95. The normalized spacial score (nSPS) is 17.2. The van der Waals surface area contributed by atoms with E-state index in [-0.39, 0.29) is 24.0 Å². The molecule has 0 bridgehead atoms. The SMILES string of the molecule is CN=C(NCC1CCCN(c2nccn3cnnc23)C1)N(C)Cc1ccon1.I. The smallest absolute Gasteiger partial charge is 0.203 e. The van der Waals surface area contributed by atoms with Crippen LogP contribution >= 0.6 is 24.0 Å². The molecular weight excluding hydrogens is 485 g/mol. The zero-order chi connectivity index (χ0) is 19.3. The molecule has 4 heterocycles. The van der Waals surface area contributed by atoms with E-state index in [2.05, 4.69) is 35.5 Å². The van der Waals surface area contributed by atoms with Gasteiger partial charge in [-0.05, 0) is 18.8 Å². The highest BCUT2D eigenvalue weighted by atomic mass is 127. The number of rotatable bonds is 5. The lowest BCUT2D eigenvalue weighted by atomic mass is 9.98. The third-order valence-electron chi connectivity index (χ3n) is 5.03. The van der Waals surface area contributed by atoms with Crippen molar-refractivity contribution in [2.45, 2.75) is 19.4 Å². The van der Waals surface area contributed by atoms with Crippen molar-refractivity contribution in [2.75, 3.05) is 38.6 Å². The maximum absolute atomic E-state index is 4.90. The summed E-state index contributed by atoms with van der Waals surface area (Å²) >= 11 is 0. The Bertz CT molecular complexity index is 926. The Balaban J connectivity index is 0.00000240. The average molecular weight is 511 g/mol. The fraction of sp³-hybridized carbons (Fsp3) is 0.500. The monoisotopic (exact) mass is 511 g/mol. The number of anilines is 1. The van der Waals surface area contributed by atoms with Crippen molar-refractivity contribution >= 4 is 41.4 Å². The van der Waals surface area contributed by atoms with Crippen molar-refractivity contribution in [1.82, 2.24) is 35.0 Å². The largest absolute Gasteiger partial charge is 0.364 e. The number of piperidine rings is 1. The number of nitrogens with zero attached hydrogens (tertiary/aromatic N) is 8. The molecule has 156 valence electrons. The molecule has 0 amide bonds. The number of fused-ring (bicyclic) bond motifs is 1. The summed E-state index contributed by atoms with van der Waals surface area (Å²) in [5.74, 6) is 2.24. The summed E-state index contributed by atoms with van der Waals surface area (Å²) in [5, 5.41) is 15.7. The quantitative estimate of drug-likeness (QED) is 0.314. The van der Waals surface area contributed by atoms with Crippen molar-refractivity contribution in [3.63, 3.8) is 0 Å². The second kappa shape index (κ2) is 9.85. The molecule has 0 radical (unpaired) electrons. The van der Waals surface area contributed by atoms with Crippen LogP contribution in [-0.2, 0) is 6.54 Å². The number of guanidine groups is 1. The predicted octanol–water partition coefficient (Wildman–Crippen LogP) is 1.65. The van der Waals surface area contributed by atoms with E-state index in [1.165, 1.54) is 6.42 Å². The summed E-state index contributed by atoms with van der Waals surface area (Å²) in [4.78, 5) is 13.3. The van der Waals surface area contributed by atoms with Gasteiger partial charge in [0.15, 0.2) is 11.8 Å². The molecule has 0 spiro atoms. The van der Waals surface area contributed by atoms with E-state index < -0.39 is 0 Å². The van der Waals surface area contributed by atoms with Crippen molar-refractivity contribution in [1.29, 1.82) is 0 Å². The van der Waals surface area contributed by atoms with Crippen molar-refractivity contribution < 1.29 is 4.52 Å². The van der Waals surface area contributed by atoms with Gasteiger partial charge in [0.05, 0.1) is 6.54 Å². The summed E-state index contributed by atoms with van der Waals surface area (Å²) in [6.45, 7) is 3.40. The molecular formula is C18H26IN9O. The Labute approximate surface area is 186 Å². The van der Waals surface area contributed by atoms with E-state index in [9.17, 15) is 0 Å². The molecule has 0 aromatic carbocycles. The minimum absolute atomic E-state index is 0. The Morgan fingerprint density at radius 1 is 1.45 bits per heavy atom. The number of aromatic nitrogens is 5. The second-order valence-electron chi connectivity index (χ2n) is 7.04. The van der Waals surface area contributed by atoms with Crippen LogP contribution in [0.5, 0.6) is 0 Å². The molecule has 1 aliphatic heterocycles. The van der Waals surface area contributed by atoms with E-state index in [1.54, 1.807) is 25.8 Å². The van der Waals surface area contributed by atoms with E-state index >= 15 is 0 Å². The maximum Gasteiger partial charge on any atom is 0.203 e. The molecule has 1 unspecified atom stereocenters. The van der Waals surface area contributed by atoms with Gasteiger partial charge in [-0.1, -0.05) is 5.16 Å². The molecule has 1 saturated heterocycles. The number of hydrogen-bond acceptors (Lipinski definition) is 7. The average Bonchev–Trinajstić information content (AvgIpc) is 3.40. The van der Waals surface area contributed by atoms with Gasteiger partial charge in [-0.25, -0.2) is 4.98 Å². The highest BCUT2D eigenvalue weighted by Crippen LogP contribution is 2.23. The molecule has 1 N–H and O–H groups in total. The van der Waals surface area contributed by atoms with E-state index in [0.717, 1.165) is 49.2 Å². The van der Waals surface area contributed by atoms with Crippen LogP contribution in [0.2, 0.25) is 0 Å². The fourth-order valence-corrected chi connectivity index (χ4v) is 3.65. The Morgan fingerprint density at radius 2 is 2.34 bits per heavy atom. The van der Waals surface area contributed by atoms with Crippen molar-refractivity contribution in [3.8, 4) is 0 Å². The molecule has 4 rings (SSSR count). The van der Waals surface area contributed by atoms with Crippen molar-refractivity contribution in [3.05, 3.63) is 36.7 Å². The van der Waals surface area contributed by atoms with Gasteiger partial charge in [0.2, 0.25) is 5.65 Å². The first-order valence-corrected chi connectivity index (χ1v) is 9.45. The van der Waals surface area contributed by atoms with E-state index in [0.29, 0.717) is 12.5 Å². The number of nitrogens with one attached hydrogen (secondary N) is 1. The van der Waals surface area contributed by atoms with Gasteiger partial charge in [-0.15, -0.1) is 34.2 Å². The molecule has 1 fully saturated rings. The third-order valence-corrected chi connectivity index (χ3v) is 5.03. The van der Waals surface area contributed by atoms with Gasteiger partial charge < -0.3 is 19.6 Å². The van der Waals surface area contributed by atoms with E-state index in [1.807, 2.05) is 28.6 Å². The van der Waals surface area contributed by atoms with Gasteiger partial charge in [0, 0.05) is 52.2 Å². The highest BCUT2D eigenvalue weighted by molar-refractivity contribution is 14.0. The lowest BCUT2D eigenvalue weighted by Gasteiger charge is -2.34. The maximum atomic E-state index is 4.90. The van der Waals surface area contributed by atoms with E-state index in [4.69, 9.17) is 4.52 Å². The fourth-order valence-electron chi connectivity index (χ4n) is 3.65. The molecule has 11 heteroatoms. The summed E-state index contributed by atoms with van der Waals surface area (Å²) in [5.41, 5.74) is 1.68. The van der Waals surface area contributed by atoms with Crippen LogP contribution in [0.1, 0.15) is 18.5 Å². The van der Waals surface area contributed by atoms with Crippen LogP contribution in [0.3, 0.4) is 0 Å². The number of hydrogen-bond donors (Lipinski definition) is 1. The van der Waals surface area contributed by atoms with Crippen LogP contribution in [0.15, 0.2) is 40.6 Å². The van der Waals surface area contributed by atoms with Crippen LogP contribution in [-0.4, -0.2) is 69.3 Å². The van der Waals surface area contributed by atoms with Crippen LogP contribution in [0, 0.1) is 5.92 Å². The van der Waals surface area contributed by atoms with Crippen LogP contribution < -0.4 is 10.2 Å². The summed E-state index contributed by atoms with van der Waals surface area (Å²) in [6, 6.07) is 1.86. The van der Waals surface area contributed by atoms with Gasteiger partial charge in [0.25, 0.3) is 0 Å². The highest BCUT2D eigenvalue weighted by Gasteiger charge is 2.23. The zero-order valence-electron chi connectivity index (χ0n) is 16.6. The van der Waals surface area contributed by atoms with Crippen LogP contribution in [0.4, 0.5) is 5.82 Å². The number of halogens is 1. The van der Waals surface area contributed by atoms with Crippen LogP contribution in [0.25, 0.3) is 5.65 Å². The zero-order valence-corrected chi connectivity index (χ0v) is 18.9. The Hall–Kier alpha value is -2.44. The molecule has 3 aromatic heterocycles. The minimum atomic E-state index is 0. The molecule has 29 heavy (non-hydrogen) atoms. The summed E-state index contributed by atoms with van der Waals surface area (Å²) in [6.07, 6.45) is 9.25. The van der Waals surface area contributed by atoms with Gasteiger partial charge in [-0.3, -0.25) is 9.39 Å². The lowest BCUT2D eigenvalue weighted by molar-refractivity contribution is 0.381. The first-order valence-electron chi connectivity index (χ1n) is 9.45. The standard InChI is InChI=1S/C18H25N9O.HI/c1-19-18(25(2)12-15-5-9-28-24-15)21-10-14-4-3-7-26(11-14)16-17-23-22-13-27(17)8-6-20-16;/h5-6,8-9,13-14H,3-4,7,10-12H2,1-2H3,(H,19,21);1H. The van der Waals surface area contributed by atoms with Gasteiger partial charge in [0.1, 0.15) is 18.3 Å². The summed E-state index contributed by atoms with van der Waals surface area (Å²) in [7, 11) is 3.79. The van der Waals surface area contributed by atoms with Gasteiger partial charge >= 0.3 is 0 Å².